The molecule has 6 nitrogen and oxygen atoms in total. The van der Waals surface area contributed by atoms with E-state index in [-0.39, 0.29) is 0 Å². The third-order valence-corrected chi connectivity index (χ3v) is 11.5. The summed E-state index contributed by atoms with van der Waals surface area (Å²) in [4.78, 5) is 28.9. The number of aromatic nitrogens is 6. The highest BCUT2D eigenvalue weighted by atomic mass is 15.0. The van der Waals surface area contributed by atoms with Gasteiger partial charge >= 0.3 is 0 Å². The van der Waals surface area contributed by atoms with E-state index in [1.807, 2.05) is 0 Å². The third-order valence-electron chi connectivity index (χ3n) is 11.5. The Morgan fingerprint density at radius 1 is 0.423 bits per heavy atom. The van der Waals surface area contributed by atoms with E-state index in [4.69, 9.17) is 19.9 Å². The molecule has 52 heavy (non-hydrogen) atoms. The second-order valence-electron chi connectivity index (χ2n) is 15.6. The Balaban J connectivity index is 1.79. The second-order valence-corrected chi connectivity index (χ2v) is 15.6. The summed E-state index contributed by atoms with van der Waals surface area (Å²) in [6.07, 6.45) is 23.8. The molecule has 3 aromatic heterocycles. The second kappa shape index (κ2) is 19.5. The number of hydrogen-bond donors (Lipinski definition) is 2. The van der Waals surface area contributed by atoms with Gasteiger partial charge in [-0.2, -0.15) is 0 Å². The Morgan fingerprint density at radius 2 is 0.788 bits per heavy atom. The molecule has 3 aromatic rings. The Morgan fingerprint density at radius 3 is 1.15 bits per heavy atom. The predicted molar refractivity (Wildman–Crippen MR) is 224 cm³/mol. The fourth-order valence-electron chi connectivity index (χ4n) is 8.07. The minimum absolute atomic E-state index is 0.820. The maximum atomic E-state index is 5.39. The molecule has 0 unspecified atom stereocenters. The van der Waals surface area contributed by atoms with E-state index in [9.17, 15) is 0 Å². The number of aryl methyl sites for hydroxylation is 4. The molecular formula is C46H68N6. The van der Waals surface area contributed by atoms with Crippen molar-refractivity contribution in [1.29, 1.82) is 0 Å². The number of nitrogens with one attached hydrogen (secondary N) is 2. The van der Waals surface area contributed by atoms with Crippen LogP contribution in [0, 0.1) is 13.8 Å². The lowest BCUT2D eigenvalue weighted by Gasteiger charge is -2.05. The summed E-state index contributed by atoms with van der Waals surface area (Å²) in [6.45, 7) is 18.1. The van der Waals surface area contributed by atoms with Gasteiger partial charge in [0.05, 0.1) is 11.4 Å². The maximum Gasteiger partial charge on any atom is 0.158 e. The fraction of sp³-hybridized carbons (Fsp3) is 0.609. The van der Waals surface area contributed by atoms with Gasteiger partial charge in [-0.15, -0.1) is 0 Å². The first-order valence-corrected chi connectivity index (χ1v) is 21.2. The number of H-pyrrole nitrogens is 2. The lowest BCUT2D eigenvalue weighted by molar-refractivity contribution is 0.667. The minimum Gasteiger partial charge on any atom is -0.340 e. The number of aromatic amines is 2. The highest BCUT2D eigenvalue weighted by Gasteiger charge is 2.23. The van der Waals surface area contributed by atoms with Gasteiger partial charge in [-0.05, 0) is 136 Å². The Labute approximate surface area is 314 Å². The zero-order valence-electron chi connectivity index (χ0n) is 34.1. The van der Waals surface area contributed by atoms with Crippen molar-refractivity contribution in [3.05, 3.63) is 57.4 Å². The molecule has 0 radical (unpaired) electrons. The summed E-state index contributed by atoms with van der Waals surface area (Å²) in [5.74, 6) is 1.64. The van der Waals surface area contributed by atoms with Gasteiger partial charge in [-0.1, -0.05) is 105 Å². The van der Waals surface area contributed by atoms with Crippen LogP contribution in [0.4, 0.5) is 0 Å². The van der Waals surface area contributed by atoms with Gasteiger partial charge in [0, 0.05) is 11.0 Å². The molecule has 5 rings (SSSR count). The van der Waals surface area contributed by atoms with Crippen LogP contribution in [0.5, 0.6) is 0 Å². The van der Waals surface area contributed by atoms with Gasteiger partial charge in [0.1, 0.15) is 11.3 Å². The minimum atomic E-state index is 0.820. The van der Waals surface area contributed by atoms with Crippen LogP contribution in [-0.2, 0) is 12.8 Å². The van der Waals surface area contributed by atoms with Crippen molar-refractivity contribution < 1.29 is 0 Å². The summed E-state index contributed by atoms with van der Waals surface area (Å²) in [7, 11) is 0. The highest BCUT2D eigenvalue weighted by Crippen LogP contribution is 2.37. The first kappa shape index (κ1) is 39.7. The summed E-state index contributed by atoms with van der Waals surface area (Å²) >= 11 is 0. The molecule has 2 aliphatic heterocycles. The van der Waals surface area contributed by atoms with Crippen LogP contribution < -0.4 is 0 Å². The van der Waals surface area contributed by atoms with Crippen LogP contribution in [-0.4, -0.2) is 29.9 Å². The molecule has 0 fully saturated rings. The third kappa shape index (κ3) is 9.51. The molecule has 0 spiro atoms. The predicted octanol–water partition coefficient (Wildman–Crippen LogP) is 13.8. The van der Waals surface area contributed by atoms with E-state index >= 15 is 0 Å². The monoisotopic (exact) mass is 705 g/mol. The summed E-state index contributed by atoms with van der Waals surface area (Å²) < 4.78 is 0. The topological polar surface area (TPSA) is 83.1 Å². The van der Waals surface area contributed by atoms with Gasteiger partial charge in [0.2, 0.25) is 0 Å². The molecule has 0 aromatic carbocycles. The summed E-state index contributed by atoms with van der Waals surface area (Å²) in [6, 6.07) is 4.62. The van der Waals surface area contributed by atoms with Crippen LogP contribution >= 0.6 is 0 Å². The van der Waals surface area contributed by atoms with Crippen molar-refractivity contribution in [3.8, 4) is 0 Å². The van der Waals surface area contributed by atoms with Crippen molar-refractivity contribution >= 4 is 44.6 Å². The Bertz CT molecular complexity index is 1750. The van der Waals surface area contributed by atoms with Crippen LogP contribution in [0.2, 0.25) is 0 Å². The lowest BCUT2D eigenvalue weighted by Crippen LogP contribution is -1.90. The molecule has 0 amide bonds. The van der Waals surface area contributed by atoms with E-state index in [1.54, 1.807) is 0 Å². The van der Waals surface area contributed by atoms with Crippen molar-refractivity contribution in [3.63, 3.8) is 0 Å². The highest BCUT2D eigenvalue weighted by molar-refractivity contribution is 5.93. The van der Waals surface area contributed by atoms with E-state index < -0.39 is 0 Å². The van der Waals surface area contributed by atoms with E-state index in [0.717, 1.165) is 71.0 Å². The normalized spacial score (nSPS) is 13.2. The number of rotatable bonds is 20. The molecule has 0 saturated carbocycles. The fourth-order valence-corrected chi connectivity index (χ4v) is 8.07. The van der Waals surface area contributed by atoms with E-state index in [1.165, 1.54) is 147 Å². The van der Waals surface area contributed by atoms with Crippen molar-refractivity contribution in [2.75, 3.05) is 0 Å². The van der Waals surface area contributed by atoms with E-state index in [0.29, 0.717) is 0 Å². The van der Waals surface area contributed by atoms with Crippen molar-refractivity contribution in [2.24, 2.45) is 0 Å². The Kier molecular flexibility index (Phi) is 14.9. The van der Waals surface area contributed by atoms with Crippen molar-refractivity contribution in [1.82, 2.24) is 29.9 Å². The van der Waals surface area contributed by atoms with Gasteiger partial charge in [0.15, 0.2) is 11.6 Å². The molecule has 2 aliphatic rings. The number of fused-ring (bicyclic) bond motifs is 8. The molecule has 8 bridgehead atoms. The SMILES string of the molecule is CCCCCCC1=C(C)c2nc1cc1[nH]c(nc3[nH]c(cc4nc(n2)C(C)=C4CCCCCC)c(CCCCCC)c3C)c(C)c1CCCCCC. The first-order valence-electron chi connectivity index (χ1n) is 21.2. The van der Waals surface area contributed by atoms with Gasteiger partial charge in [0.25, 0.3) is 0 Å². The zero-order valence-corrected chi connectivity index (χ0v) is 34.1. The summed E-state index contributed by atoms with van der Waals surface area (Å²) in [5.41, 5.74) is 16.6. The van der Waals surface area contributed by atoms with Crippen LogP contribution in [0.1, 0.15) is 202 Å². The molecular weight excluding hydrogens is 637 g/mol. The molecule has 5 heterocycles. The van der Waals surface area contributed by atoms with Crippen LogP contribution in [0.3, 0.4) is 0 Å². The number of hydrogen-bond acceptors (Lipinski definition) is 4. The molecule has 6 heteroatoms. The average molecular weight is 705 g/mol. The quantitative estimate of drug-likeness (QED) is 0.115. The van der Waals surface area contributed by atoms with Crippen molar-refractivity contribution in [2.45, 2.75) is 184 Å². The molecule has 282 valence electrons. The van der Waals surface area contributed by atoms with Crippen LogP contribution in [0.25, 0.3) is 44.6 Å². The Hall–Kier alpha value is -3.54. The largest absolute Gasteiger partial charge is 0.340 e. The molecule has 0 atom stereocenters. The molecule has 2 N–H and O–H groups in total. The molecule has 0 aliphatic carbocycles. The van der Waals surface area contributed by atoms with Gasteiger partial charge < -0.3 is 9.97 Å². The average Bonchev–Trinajstić information content (AvgIpc) is 3.79. The van der Waals surface area contributed by atoms with Crippen LogP contribution in [0.15, 0.2) is 12.1 Å². The summed E-state index contributed by atoms with van der Waals surface area (Å²) in [5, 5.41) is 0. The standard InChI is InChI=1S/C46H68N6/c1-9-13-17-21-25-35-31(5)43-47-39(35)29-40-36(26-22-18-14-10-2)32(6)45(48-40)52-46-34(8)38(28-24-20-16-12-4)42(50-46)30-41-37(27-23-19-15-11-3)33(7)44(49-41)51-43/h29-30H,9-28H2,1-8H3,(H2,47,49,51). The van der Waals surface area contributed by atoms with Gasteiger partial charge in [-0.3, -0.25) is 0 Å². The first-order chi connectivity index (χ1) is 25.3. The van der Waals surface area contributed by atoms with Gasteiger partial charge in [-0.25, -0.2) is 19.9 Å². The number of allylic oxidation sites excluding steroid dienone is 4. The number of nitrogens with zero attached hydrogens (tertiary/aromatic N) is 4. The maximum absolute atomic E-state index is 5.39. The lowest BCUT2D eigenvalue weighted by atomic mass is 9.99. The zero-order chi connectivity index (χ0) is 37.0. The smallest absolute Gasteiger partial charge is 0.158 e. The number of unbranched alkanes of at least 4 members (excludes halogenated alkanes) is 12. The van der Waals surface area contributed by atoms with E-state index in [2.05, 4.69) is 77.5 Å². The molecule has 0 saturated heterocycles.